The van der Waals surface area contributed by atoms with E-state index >= 15 is 0 Å². The molecule has 3 heterocycles. The number of nitrogens with zero attached hydrogens (tertiary/aromatic N) is 3. The lowest BCUT2D eigenvalue weighted by atomic mass is 9.93. The van der Waals surface area contributed by atoms with Gasteiger partial charge in [-0.1, -0.05) is 48.8 Å². The Labute approximate surface area is 152 Å². The molecule has 0 amide bonds. The zero-order valence-electron chi connectivity index (χ0n) is 14.5. The van der Waals surface area contributed by atoms with Crippen molar-refractivity contribution in [2.24, 2.45) is 0 Å². The molecule has 1 aromatic carbocycles. The van der Waals surface area contributed by atoms with Crippen LogP contribution in [0, 0.1) is 0 Å². The zero-order chi connectivity index (χ0) is 17.1. The van der Waals surface area contributed by atoms with Gasteiger partial charge in [0.2, 0.25) is 5.89 Å². The number of hydrogen-bond donors (Lipinski definition) is 0. The highest BCUT2D eigenvalue weighted by atomic mass is 32.1. The first kappa shape index (κ1) is 16.5. The van der Waals surface area contributed by atoms with Crippen LogP contribution in [0.4, 0.5) is 0 Å². The molecule has 0 aliphatic carbocycles. The Bertz CT molecular complexity index is 811. The monoisotopic (exact) mass is 353 g/mol. The minimum atomic E-state index is 0.266. The highest BCUT2D eigenvalue weighted by Gasteiger charge is 2.30. The van der Waals surface area contributed by atoms with E-state index < -0.39 is 0 Å². The summed E-state index contributed by atoms with van der Waals surface area (Å²) in [4.78, 5) is 8.56. The van der Waals surface area contributed by atoms with E-state index in [0.29, 0.717) is 6.54 Å². The summed E-state index contributed by atoms with van der Waals surface area (Å²) in [6.07, 6.45) is 4.24. The number of aryl methyl sites for hydroxylation is 1. The van der Waals surface area contributed by atoms with Gasteiger partial charge in [-0.25, -0.2) is 0 Å². The Kier molecular flexibility index (Phi) is 4.95. The molecule has 0 saturated carbocycles. The van der Waals surface area contributed by atoms with Gasteiger partial charge in [0, 0.05) is 17.8 Å². The van der Waals surface area contributed by atoms with Crippen LogP contribution in [0.2, 0.25) is 0 Å². The third-order valence-electron chi connectivity index (χ3n) is 4.78. The van der Waals surface area contributed by atoms with Crippen molar-refractivity contribution in [3.05, 3.63) is 69.5 Å². The lowest BCUT2D eigenvalue weighted by Crippen LogP contribution is -2.35. The highest BCUT2D eigenvalue weighted by molar-refractivity contribution is 7.10. The Morgan fingerprint density at radius 1 is 1.24 bits per heavy atom. The molecule has 4 rings (SSSR count). The molecule has 0 spiro atoms. The first-order valence-corrected chi connectivity index (χ1v) is 9.90. The minimum absolute atomic E-state index is 0.266. The number of rotatable bonds is 6. The minimum Gasteiger partial charge on any atom is -0.338 e. The summed E-state index contributed by atoms with van der Waals surface area (Å²) in [5.74, 6) is 1.56. The van der Waals surface area contributed by atoms with Crippen molar-refractivity contribution in [2.45, 2.75) is 45.2 Å². The van der Waals surface area contributed by atoms with Crippen molar-refractivity contribution in [1.29, 1.82) is 0 Å². The largest absolute Gasteiger partial charge is 0.338 e. The molecular weight excluding hydrogens is 330 g/mol. The van der Waals surface area contributed by atoms with Crippen molar-refractivity contribution in [3.8, 4) is 0 Å². The van der Waals surface area contributed by atoms with Gasteiger partial charge in [0.15, 0.2) is 5.82 Å². The predicted molar refractivity (Wildman–Crippen MR) is 99.6 cm³/mol. The molecule has 5 heteroatoms. The second-order valence-corrected chi connectivity index (χ2v) is 7.54. The van der Waals surface area contributed by atoms with E-state index in [1.807, 2.05) is 11.3 Å². The second kappa shape index (κ2) is 7.50. The SMILES string of the molecule is CCCCc1noc(CN2CCc3sccc3C2c2ccccc2)n1. The maximum Gasteiger partial charge on any atom is 0.240 e. The quantitative estimate of drug-likeness (QED) is 0.648. The van der Waals surface area contributed by atoms with E-state index in [-0.39, 0.29) is 6.04 Å². The van der Waals surface area contributed by atoms with Crippen molar-refractivity contribution in [1.82, 2.24) is 15.0 Å². The fourth-order valence-electron chi connectivity index (χ4n) is 3.53. The van der Waals surface area contributed by atoms with Gasteiger partial charge in [0.25, 0.3) is 0 Å². The lowest BCUT2D eigenvalue weighted by molar-refractivity contribution is 0.179. The third-order valence-corrected chi connectivity index (χ3v) is 5.78. The van der Waals surface area contributed by atoms with E-state index in [1.54, 1.807) is 0 Å². The summed E-state index contributed by atoms with van der Waals surface area (Å²) < 4.78 is 5.52. The van der Waals surface area contributed by atoms with Gasteiger partial charge in [-0.3, -0.25) is 4.90 Å². The molecule has 3 aromatic rings. The van der Waals surface area contributed by atoms with Crippen LogP contribution >= 0.6 is 11.3 Å². The Morgan fingerprint density at radius 3 is 2.96 bits per heavy atom. The third kappa shape index (κ3) is 3.53. The lowest BCUT2D eigenvalue weighted by Gasteiger charge is -2.35. The Morgan fingerprint density at radius 2 is 2.12 bits per heavy atom. The second-order valence-electron chi connectivity index (χ2n) is 6.54. The number of unbranched alkanes of at least 4 members (excludes halogenated alkanes) is 1. The summed E-state index contributed by atoms with van der Waals surface area (Å²) in [6, 6.07) is 13.3. The Hall–Kier alpha value is -1.98. The van der Waals surface area contributed by atoms with Crippen LogP contribution in [0.1, 0.15) is 53.5 Å². The van der Waals surface area contributed by atoms with Crippen LogP contribution in [0.15, 0.2) is 46.3 Å². The summed E-state index contributed by atoms with van der Waals surface area (Å²) in [6.45, 7) is 3.89. The molecule has 2 aromatic heterocycles. The van der Waals surface area contributed by atoms with Gasteiger partial charge < -0.3 is 4.52 Å². The smallest absolute Gasteiger partial charge is 0.240 e. The Balaban J connectivity index is 1.58. The normalized spacial score (nSPS) is 17.6. The van der Waals surface area contributed by atoms with E-state index in [4.69, 9.17) is 4.52 Å². The molecule has 0 saturated heterocycles. The van der Waals surface area contributed by atoms with Gasteiger partial charge in [-0.15, -0.1) is 11.3 Å². The van der Waals surface area contributed by atoms with Crippen LogP contribution in [-0.2, 0) is 19.4 Å². The van der Waals surface area contributed by atoms with Crippen LogP contribution in [-0.4, -0.2) is 21.6 Å². The molecule has 25 heavy (non-hydrogen) atoms. The number of thiophene rings is 1. The van der Waals surface area contributed by atoms with E-state index in [1.165, 1.54) is 16.0 Å². The average molecular weight is 353 g/mol. The van der Waals surface area contributed by atoms with E-state index in [9.17, 15) is 0 Å². The van der Waals surface area contributed by atoms with Crippen molar-refractivity contribution in [3.63, 3.8) is 0 Å². The van der Waals surface area contributed by atoms with Gasteiger partial charge in [-0.2, -0.15) is 4.98 Å². The fraction of sp³-hybridized carbons (Fsp3) is 0.400. The molecule has 0 N–H and O–H groups in total. The number of aromatic nitrogens is 2. The molecule has 1 unspecified atom stereocenters. The fourth-order valence-corrected chi connectivity index (χ4v) is 4.43. The number of benzene rings is 1. The van der Waals surface area contributed by atoms with Gasteiger partial charge in [-0.05, 0) is 35.4 Å². The van der Waals surface area contributed by atoms with E-state index in [2.05, 4.69) is 63.7 Å². The average Bonchev–Trinajstić information content (AvgIpc) is 3.29. The van der Waals surface area contributed by atoms with Crippen LogP contribution in [0.3, 0.4) is 0 Å². The number of hydrogen-bond acceptors (Lipinski definition) is 5. The molecular formula is C20H23N3OS. The van der Waals surface area contributed by atoms with Gasteiger partial charge in [0.05, 0.1) is 12.6 Å². The summed E-state index contributed by atoms with van der Waals surface area (Å²) in [5, 5.41) is 6.35. The van der Waals surface area contributed by atoms with Crippen molar-refractivity contribution in [2.75, 3.05) is 6.54 Å². The van der Waals surface area contributed by atoms with Crippen LogP contribution < -0.4 is 0 Å². The van der Waals surface area contributed by atoms with Gasteiger partial charge >= 0.3 is 0 Å². The zero-order valence-corrected chi connectivity index (χ0v) is 15.3. The highest BCUT2D eigenvalue weighted by Crippen LogP contribution is 2.38. The summed E-state index contributed by atoms with van der Waals surface area (Å²) in [5.41, 5.74) is 2.75. The molecule has 130 valence electrons. The predicted octanol–water partition coefficient (Wildman–Crippen LogP) is 4.62. The molecule has 4 nitrogen and oxygen atoms in total. The number of fused-ring (bicyclic) bond motifs is 1. The van der Waals surface area contributed by atoms with E-state index in [0.717, 1.165) is 43.9 Å². The van der Waals surface area contributed by atoms with Crippen molar-refractivity contribution >= 4 is 11.3 Å². The molecule has 0 radical (unpaired) electrons. The maximum absolute atomic E-state index is 5.52. The summed E-state index contributed by atoms with van der Waals surface area (Å²) >= 11 is 1.87. The molecule has 1 aliphatic heterocycles. The molecule has 1 atom stereocenters. The first-order chi connectivity index (χ1) is 12.3. The van der Waals surface area contributed by atoms with Crippen molar-refractivity contribution < 1.29 is 4.52 Å². The maximum atomic E-state index is 5.52. The molecule has 0 fully saturated rings. The van der Waals surface area contributed by atoms with Gasteiger partial charge in [0.1, 0.15) is 0 Å². The van der Waals surface area contributed by atoms with Crippen LogP contribution in [0.25, 0.3) is 0 Å². The summed E-state index contributed by atoms with van der Waals surface area (Å²) in [7, 11) is 0. The topological polar surface area (TPSA) is 42.2 Å². The molecule has 1 aliphatic rings. The first-order valence-electron chi connectivity index (χ1n) is 9.02. The molecule has 0 bridgehead atoms. The van der Waals surface area contributed by atoms with Crippen LogP contribution in [0.5, 0.6) is 0 Å². The standard InChI is InChI=1S/C20H23N3OS/c1-2-3-9-18-21-19(24-22-18)14-23-12-10-17-16(11-13-25-17)20(23)15-7-5-4-6-8-15/h4-8,11,13,20H,2-3,9-10,12,14H2,1H3.